The van der Waals surface area contributed by atoms with Crippen LogP contribution >= 0.6 is 0 Å². The lowest BCUT2D eigenvalue weighted by Gasteiger charge is -2.30. The highest BCUT2D eigenvalue weighted by Crippen LogP contribution is 2.18. The lowest BCUT2D eigenvalue weighted by Crippen LogP contribution is -2.42. The van der Waals surface area contributed by atoms with Gasteiger partial charge in [-0.05, 0) is 44.4 Å². The minimum atomic E-state index is -0.0264. The first-order valence-corrected chi connectivity index (χ1v) is 7.91. The van der Waals surface area contributed by atoms with E-state index in [0.717, 1.165) is 31.6 Å². The number of carbonyl (C=O) groups excluding carboxylic acids is 2. The van der Waals surface area contributed by atoms with Crippen LogP contribution in [0.2, 0.25) is 0 Å². The molecule has 1 aliphatic heterocycles. The Kier molecular flexibility index (Phi) is 5.81. The van der Waals surface area contributed by atoms with Crippen molar-refractivity contribution in [1.82, 2.24) is 10.2 Å². The number of amides is 2. The molecule has 0 bridgehead atoms. The number of aryl methyl sites for hydroxylation is 1. The van der Waals surface area contributed by atoms with Gasteiger partial charge >= 0.3 is 0 Å². The molecule has 2 amide bonds. The van der Waals surface area contributed by atoms with E-state index in [1.165, 1.54) is 6.08 Å². The van der Waals surface area contributed by atoms with Crippen molar-refractivity contribution in [1.29, 1.82) is 0 Å². The maximum atomic E-state index is 12.1. The fraction of sp³-hybridized carbons (Fsp3) is 0.529. The lowest BCUT2D eigenvalue weighted by molar-refractivity contribution is -0.132. The first kappa shape index (κ1) is 16.3. The van der Waals surface area contributed by atoms with Crippen molar-refractivity contribution < 1.29 is 14.0 Å². The monoisotopic (exact) mass is 304 g/mol. The maximum Gasteiger partial charge on any atom is 0.246 e. The van der Waals surface area contributed by atoms with Crippen molar-refractivity contribution in [3.8, 4) is 0 Å². The van der Waals surface area contributed by atoms with Gasteiger partial charge in [-0.1, -0.05) is 6.92 Å². The van der Waals surface area contributed by atoms with Crippen molar-refractivity contribution in [3.63, 3.8) is 0 Å². The van der Waals surface area contributed by atoms with E-state index in [2.05, 4.69) is 5.32 Å². The summed E-state index contributed by atoms with van der Waals surface area (Å²) in [6.07, 6.45) is 5.63. The fourth-order valence-corrected chi connectivity index (χ4v) is 2.56. The Morgan fingerprint density at radius 2 is 2.09 bits per heavy atom. The lowest BCUT2D eigenvalue weighted by atomic mass is 9.96. The third-order valence-corrected chi connectivity index (χ3v) is 3.88. The van der Waals surface area contributed by atoms with Gasteiger partial charge in [0.05, 0.1) is 0 Å². The van der Waals surface area contributed by atoms with Gasteiger partial charge < -0.3 is 14.6 Å². The molecular weight excluding hydrogens is 280 g/mol. The second kappa shape index (κ2) is 7.82. The number of hydrogen-bond donors (Lipinski definition) is 1. The number of rotatable bonds is 5. The number of nitrogens with zero attached hydrogens (tertiary/aromatic N) is 1. The van der Waals surface area contributed by atoms with Crippen LogP contribution in [0.15, 0.2) is 22.6 Å². The molecule has 22 heavy (non-hydrogen) atoms. The molecule has 1 aromatic rings. The van der Waals surface area contributed by atoms with E-state index >= 15 is 0 Å². The van der Waals surface area contributed by atoms with Crippen LogP contribution in [-0.2, 0) is 9.59 Å². The summed E-state index contributed by atoms with van der Waals surface area (Å²) in [6.45, 7) is 5.89. The van der Waals surface area contributed by atoms with E-state index in [1.807, 2.05) is 26.0 Å². The summed E-state index contributed by atoms with van der Waals surface area (Å²) in [6, 6.07) is 3.70. The van der Waals surface area contributed by atoms with Crippen LogP contribution in [0.4, 0.5) is 0 Å². The van der Waals surface area contributed by atoms with Crippen LogP contribution in [0.5, 0.6) is 0 Å². The molecule has 0 aromatic carbocycles. The molecule has 1 aliphatic rings. The molecule has 0 aliphatic carbocycles. The van der Waals surface area contributed by atoms with Crippen LogP contribution in [0.1, 0.15) is 37.7 Å². The van der Waals surface area contributed by atoms with Crippen LogP contribution in [0.3, 0.4) is 0 Å². The molecule has 0 atom stereocenters. The Balaban J connectivity index is 1.79. The van der Waals surface area contributed by atoms with E-state index in [9.17, 15) is 9.59 Å². The Labute approximate surface area is 131 Å². The fourth-order valence-electron chi connectivity index (χ4n) is 2.56. The highest BCUT2D eigenvalue weighted by Gasteiger charge is 2.26. The molecular formula is C17H24N2O3. The molecule has 5 nitrogen and oxygen atoms in total. The van der Waals surface area contributed by atoms with Crippen LogP contribution in [0, 0.1) is 12.8 Å². The number of furan rings is 1. The molecule has 0 unspecified atom stereocenters. The molecule has 2 heterocycles. The number of hydrogen-bond acceptors (Lipinski definition) is 3. The van der Waals surface area contributed by atoms with Gasteiger partial charge in [0.2, 0.25) is 11.8 Å². The van der Waals surface area contributed by atoms with Gasteiger partial charge in [-0.2, -0.15) is 0 Å². The average Bonchev–Trinajstić information content (AvgIpc) is 2.96. The topological polar surface area (TPSA) is 62.6 Å². The Bertz CT molecular complexity index is 540. The molecule has 1 N–H and O–H groups in total. The van der Waals surface area contributed by atoms with E-state index < -0.39 is 0 Å². The number of nitrogens with one attached hydrogen (secondary N) is 1. The van der Waals surface area contributed by atoms with E-state index in [1.54, 1.807) is 11.0 Å². The third kappa shape index (κ3) is 4.48. The molecule has 5 heteroatoms. The number of likely N-dealkylation sites (tertiary alicyclic amines) is 1. The summed E-state index contributed by atoms with van der Waals surface area (Å²) >= 11 is 0. The van der Waals surface area contributed by atoms with Crippen LogP contribution < -0.4 is 5.32 Å². The maximum absolute atomic E-state index is 12.1. The van der Waals surface area contributed by atoms with Crippen molar-refractivity contribution in [2.24, 2.45) is 5.92 Å². The highest BCUT2D eigenvalue weighted by atomic mass is 16.3. The van der Waals surface area contributed by atoms with Crippen molar-refractivity contribution in [2.75, 3.05) is 19.6 Å². The third-order valence-electron chi connectivity index (χ3n) is 3.88. The molecule has 2 rings (SSSR count). The van der Waals surface area contributed by atoms with Gasteiger partial charge in [0.1, 0.15) is 11.5 Å². The SMILES string of the molecule is CCCNC(=O)C1CCN(C(=O)/C=C/c2ccc(C)o2)CC1. The van der Waals surface area contributed by atoms with Crippen molar-refractivity contribution in [2.45, 2.75) is 33.1 Å². The standard InChI is InChI=1S/C17H24N2O3/c1-3-10-18-17(21)14-8-11-19(12-9-14)16(20)7-6-15-5-4-13(2)22-15/h4-7,14H,3,8-12H2,1-2H3,(H,18,21)/b7-6+. The van der Waals surface area contributed by atoms with Gasteiger partial charge in [-0.15, -0.1) is 0 Å². The average molecular weight is 304 g/mol. The minimum Gasteiger partial charge on any atom is -0.462 e. The predicted molar refractivity (Wildman–Crippen MR) is 85.1 cm³/mol. The summed E-state index contributed by atoms with van der Waals surface area (Å²) in [4.78, 5) is 25.8. The number of piperidine rings is 1. The summed E-state index contributed by atoms with van der Waals surface area (Å²) in [7, 11) is 0. The summed E-state index contributed by atoms with van der Waals surface area (Å²) in [5, 5.41) is 2.93. The minimum absolute atomic E-state index is 0.0264. The normalized spacial score (nSPS) is 16.2. The van der Waals surface area contributed by atoms with Crippen molar-refractivity contribution >= 4 is 17.9 Å². The molecule has 1 fully saturated rings. The van der Waals surface area contributed by atoms with Crippen LogP contribution in [-0.4, -0.2) is 36.3 Å². The zero-order valence-corrected chi connectivity index (χ0v) is 13.3. The van der Waals surface area contributed by atoms with E-state index in [-0.39, 0.29) is 17.7 Å². The Morgan fingerprint density at radius 3 is 2.68 bits per heavy atom. The molecule has 1 saturated heterocycles. The molecule has 0 spiro atoms. The largest absolute Gasteiger partial charge is 0.462 e. The second-order valence-electron chi connectivity index (χ2n) is 5.67. The zero-order chi connectivity index (χ0) is 15.9. The molecule has 0 radical (unpaired) electrons. The van der Waals surface area contributed by atoms with Gasteiger partial charge in [-0.3, -0.25) is 9.59 Å². The highest BCUT2D eigenvalue weighted by molar-refractivity contribution is 5.91. The summed E-state index contributed by atoms with van der Waals surface area (Å²) in [5.74, 6) is 1.63. The molecule has 120 valence electrons. The summed E-state index contributed by atoms with van der Waals surface area (Å²) in [5.41, 5.74) is 0. The first-order chi connectivity index (χ1) is 10.6. The Morgan fingerprint density at radius 1 is 1.36 bits per heavy atom. The van der Waals surface area contributed by atoms with E-state index in [4.69, 9.17) is 4.42 Å². The van der Waals surface area contributed by atoms with Gasteiger partial charge in [0.25, 0.3) is 0 Å². The smallest absolute Gasteiger partial charge is 0.246 e. The van der Waals surface area contributed by atoms with E-state index in [0.29, 0.717) is 18.8 Å². The zero-order valence-electron chi connectivity index (χ0n) is 13.3. The molecule has 0 saturated carbocycles. The predicted octanol–water partition coefficient (Wildman–Crippen LogP) is 2.37. The van der Waals surface area contributed by atoms with Crippen molar-refractivity contribution in [3.05, 3.63) is 29.7 Å². The van der Waals surface area contributed by atoms with Gasteiger partial charge in [0.15, 0.2) is 0 Å². The van der Waals surface area contributed by atoms with Gasteiger partial charge in [0, 0.05) is 31.6 Å². The van der Waals surface area contributed by atoms with Crippen LogP contribution in [0.25, 0.3) is 6.08 Å². The first-order valence-electron chi connectivity index (χ1n) is 7.91. The van der Waals surface area contributed by atoms with Gasteiger partial charge in [-0.25, -0.2) is 0 Å². The molecule has 1 aromatic heterocycles. The summed E-state index contributed by atoms with van der Waals surface area (Å²) < 4.78 is 5.40. The Hall–Kier alpha value is -2.04. The number of carbonyl (C=O) groups is 2. The quantitative estimate of drug-likeness (QED) is 0.849. The second-order valence-corrected chi connectivity index (χ2v) is 5.67.